The van der Waals surface area contributed by atoms with Crippen LogP contribution in [0.1, 0.15) is 28.7 Å². The topological polar surface area (TPSA) is 42.4 Å². The molecule has 2 rings (SSSR count). The van der Waals surface area contributed by atoms with E-state index in [-0.39, 0.29) is 0 Å². The predicted octanol–water partition coefficient (Wildman–Crippen LogP) is 2.19. The molecule has 1 aliphatic rings. The third-order valence-electron chi connectivity index (χ3n) is 3.22. The number of methoxy groups -OCH3 is 1. The SMILES string of the molecule is COCc1nc(N(C)CC2CC2C)sc1C=O. The van der Waals surface area contributed by atoms with Gasteiger partial charge in [-0.15, -0.1) is 0 Å². The van der Waals surface area contributed by atoms with Crippen LogP contribution in [0.3, 0.4) is 0 Å². The molecule has 1 saturated carbocycles. The number of thiazole rings is 1. The number of aldehydes is 1. The van der Waals surface area contributed by atoms with Gasteiger partial charge in [0.05, 0.1) is 17.2 Å². The van der Waals surface area contributed by atoms with Crippen LogP contribution in [0.5, 0.6) is 0 Å². The van der Waals surface area contributed by atoms with E-state index in [1.807, 2.05) is 7.05 Å². The Hall–Kier alpha value is -0.940. The number of hydrogen-bond donors (Lipinski definition) is 0. The third kappa shape index (κ3) is 2.84. The van der Waals surface area contributed by atoms with Crippen molar-refractivity contribution in [2.24, 2.45) is 11.8 Å². The Morgan fingerprint density at radius 1 is 1.65 bits per heavy atom. The second-order valence-corrected chi connectivity index (χ2v) is 5.72. The van der Waals surface area contributed by atoms with Crippen molar-refractivity contribution in [3.05, 3.63) is 10.6 Å². The number of nitrogens with zero attached hydrogens (tertiary/aromatic N) is 2. The highest BCUT2D eigenvalue weighted by Crippen LogP contribution is 2.39. The first-order valence-corrected chi connectivity index (χ1v) is 6.62. The molecule has 0 aliphatic heterocycles. The Morgan fingerprint density at radius 3 is 2.88 bits per heavy atom. The number of aromatic nitrogens is 1. The first-order valence-electron chi connectivity index (χ1n) is 5.80. The van der Waals surface area contributed by atoms with E-state index < -0.39 is 0 Å². The summed E-state index contributed by atoms with van der Waals surface area (Å²) in [5, 5.41) is 0.915. The van der Waals surface area contributed by atoms with Crippen LogP contribution in [0.4, 0.5) is 5.13 Å². The fraction of sp³-hybridized carbons (Fsp3) is 0.667. The van der Waals surface area contributed by atoms with Gasteiger partial charge in [-0.3, -0.25) is 4.79 Å². The zero-order chi connectivity index (χ0) is 12.4. The highest BCUT2D eigenvalue weighted by atomic mass is 32.1. The highest BCUT2D eigenvalue weighted by Gasteiger charge is 2.33. The van der Waals surface area contributed by atoms with Crippen molar-refractivity contribution >= 4 is 22.8 Å². The maximum atomic E-state index is 10.9. The lowest BCUT2D eigenvalue weighted by Crippen LogP contribution is -2.20. The zero-order valence-electron chi connectivity index (χ0n) is 10.5. The van der Waals surface area contributed by atoms with Gasteiger partial charge in [-0.25, -0.2) is 4.98 Å². The molecule has 1 fully saturated rings. The molecule has 0 aromatic carbocycles. The van der Waals surface area contributed by atoms with E-state index in [4.69, 9.17) is 4.74 Å². The molecular weight excluding hydrogens is 236 g/mol. The van der Waals surface area contributed by atoms with Crippen molar-refractivity contribution in [3.63, 3.8) is 0 Å². The summed E-state index contributed by atoms with van der Waals surface area (Å²) >= 11 is 1.45. The summed E-state index contributed by atoms with van der Waals surface area (Å²) in [4.78, 5) is 18.2. The standard InChI is InChI=1S/C12H18N2O2S/c1-8-4-9(8)5-14(2)12-13-10(7-16-3)11(6-15)17-12/h6,8-9H,4-5,7H2,1-3H3. The van der Waals surface area contributed by atoms with Crippen molar-refractivity contribution < 1.29 is 9.53 Å². The van der Waals surface area contributed by atoms with E-state index in [2.05, 4.69) is 16.8 Å². The van der Waals surface area contributed by atoms with Gasteiger partial charge >= 0.3 is 0 Å². The minimum Gasteiger partial charge on any atom is -0.378 e. The van der Waals surface area contributed by atoms with Crippen molar-refractivity contribution in [2.75, 3.05) is 25.6 Å². The Bertz CT molecular complexity index is 405. The fourth-order valence-corrected chi connectivity index (χ4v) is 2.78. The molecule has 1 aromatic rings. The average Bonchev–Trinajstić information content (AvgIpc) is 2.84. The molecule has 0 N–H and O–H groups in total. The molecule has 2 unspecified atom stereocenters. The summed E-state index contributed by atoms with van der Waals surface area (Å²) in [7, 11) is 3.65. The molecule has 0 radical (unpaired) electrons. The Balaban J connectivity index is 2.06. The van der Waals surface area contributed by atoms with Crippen LogP contribution in [-0.2, 0) is 11.3 Å². The minimum atomic E-state index is 0.401. The van der Waals surface area contributed by atoms with Crippen LogP contribution in [0.2, 0.25) is 0 Å². The largest absolute Gasteiger partial charge is 0.378 e. The number of ether oxygens (including phenoxy) is 1. The van der Waals surface area contributed by atoms with E-state index in [9.17, 15) is 4.79 Å². The molecule has 0 spiro atoms. The monoisotopic (exact) mass is 254 g/mol. The first kappa shape index (κ1) is 12.5. The van der Waals surface area contributed by atoms with Gasteiger partial charge in [-0.2, -0.15) is 0 Å². The number of carbonyl (C=O) groups is 1. The Morgan fingerprint density at radius 2 is 2.35 bits per heavy atom. The van der Waals surface area contributed by atoms with Gasteiger partial charge in [0.15, 0.2) is 11.4 Å². The molecule has 1 aliphatic carbocycles. The van der Waals surface area contributed by atoms with Crippen molar-refractivity contribution in [1.29, 1.82) is 0 Å². The number of anilines is 1. The van der Waals surface area contributed by atoms with Gasteiger partial charge < -0.3 is 9.64 Å². The molecule has 4 nitrogen and oxygen atoms in total. The highest BCUT2D eigenvalue weighted by molar-refractivity contribution is 7.17. The molecule has 0 amide bonds. The summed E-state index contributed by atoms with van der Waals surface area (Å²) in [6.07, 6.45) is 2.17. The second kappa shape index (κ2) is 5.14. The van der Waals surface area contributed by atoms with Crippen molar-refractivity contribution in [1.82, 2.24) is 4.98 Å². The number of carbonyl (C=O) groups excluding carboxylic acids is 1. The lowest BCUT2D eigenvalue weighted by molar-refractivity contribution is 0.112. The first-order chi connectivity index (χ1) is 8.15. The Labute approximate surface area is 106 Å². The van der Waals surface area contributed by atoms with E-state index >= 15 is 0 Å². The quantitative estimate of drug-likeness (QED) is 0.730. The summed E-state index contributed by atoms with van der Waals surface area (Å²) in [5.74, 6) is 1.62. The summed E-state index contributed by atoms with van der Waals surface area (Å²) in [6.45, 7) is 3.70. The Kier molecular flexibility index (Phi) is 3.79. The van der Waals surface area contributed by atoms with Gasteiger partial charge in [-0.05, 0) is 18.3 Å². The second-order valence-electron chi connectivity index (χ2n) is 4.71. The molecule has 2 atom stereocenters. The lowest BCUT2D eigenvalue weighted by atomic mass is 10.3. The average molecular weight is 254 g/mol. The van der Waals surface area contributed by atoms with Gasteiger partial charge in [0.1, 0.15) is 0 Å². The molecule has 1 heterocycles. The van der Waals surface area contributed by atoms with E-state index in [0.717, 1.165) is 35.5 Å². The number of rotatable bonds is 6. The summed E-state index contributed by atoms with van der Waals surface area (Å²) in [5.41, 5.74) is 0.748. The van der Waals surface area contributed by atoms with Crippen LogP contribution in [0.25, 0.3) is 0 Å². The maximum Gasteiger partial charge on any atom is 0.186 e. The molecule has 17 heavy (non-hydrogen) atoms. The molecule has 94 valence electrons. The van der Waals surface area contributed by atoms with E-state index in [0.29, 0.717) is 11.5 Å². The van der Waals surface area contributed by atoms with Crippen molar-refractivity contribution in [3.8, 4) is 0 Å². The normalized spacial score (nSPS) is 22.5. The van der Waals surface area contributed by atoms with Crippen LogP contribution in [-0.4, -0.2) is 32.0 Å². The van der Waals surface area contributed by atoms with Gasteiger partial charge in [0.25, 0.3) is 0 Å². The summed E-state index contributed by atoms with van der Waals surface area (Å²) in [6, 6.07) is 0. The van der Waals surface area contributed by atoms with E-state index in [1.165, 1.54) is 17.8 Å². The molecular formula is C12H18N2O2S. The third-order valence-corrected chi connectivity index (χ3v) is 4.35. The lowest BCUT2D eigenvalue weighted by Gasteiger charge is -2.14. The van der Waals surface area contributed by atoms with Crippen LogP contribution >= 0.6 is 11.3 Å². The summed E-state index contributed by atoms with van der Waals surface area (Å²) < 4.78 is 5.04. The van der Waals surface area contributed by atoms with Gasteiger partial charge in [-0.1, -0.05) is 18.3 Å². The van der Waals surface area contributed by atoms with Crippen molar-refractivity contribution in [2.45, 2.75) is 20.0 Å². The molecule has 5 heteroatoms. The minimum absolute atomic E-state index is 0.401. The predicted molar refractivity (Wildman–Crippen MR) is 68.8 cm³/mol. The zero-order valence-corrected chi connectivity index (χ0v) is 11.3. The van der Waals surface area contributed by atoms with Crippen LogP contribution < -0.4 is 4.90 Å². The van der Waals surface area contributed by atoms with E-state index in [1.54, 1.807) is 7.11 Å². The maximum absolute atomic E-state index is 10.9. The molecule has 0 bridgehead atoms. The van der Waals surface area contributed by atoms with Crippen LogP contribution in [0.15, 0.2) is 0 Å². The smallest absolute Gasteiger partial charge is 0.186 e. The molecule has 0 saturated heterocycles. The van der Waals surface area contributed by atoms with Crippen LogP contribution in [0, 0.1) is 11.8 Å². The molecule has 1 aromatic heterocycles. The fourth-order valence-electron chi connectivity index (χ4n) is 1.93. The van der Waals surface area contributed by atoms with Gasteiger partial charge in [0.2, 0.25) is 0 Å². The number of hydrogen-bond acceptors (Lipinski definition) is 5. The van der Waals surface area contributed by atoms with Gasteiger partial charge in [0, 0.05) is 20.7 Å².